The molecule has 0 fully saturated rings. The van der Waals surface area contributed by atoms with Gasteiger partial charge in [0.05, 0.1) is 0 Å². The molecule has 0 spiro atoms. The summed E-state index contributed by atoms with van der Waals surface area (Å²) >= 11 is 0.851. The summed E-state index contributed by atoms with van der Waals surface area (Å²) in [6.07, 6.45) is 0. The number of hydrogen-bond donors (Lipinski definition) is 1. The maximum atomic E-state index is 12.0. The van der Waals surface area contributed by atoms with E-state index in [1.807, 2.05) is 31.2 Å². The van der Waals surface area contributed by atoms with E-state index in [0.29, 0.717) is 0 Å². The summed E-state index contributed by atoms with van der Waals surface area (Å²) in [5, 5.41) is 29.1. The van der Waals surface area contributed by atoms with Gasteiger partial charge in [0.2, 0.25) is 5.12 Å². The fraction of sp³-hybridized carbons (Fsp3) is 0.133. The molecule has 22 heavy (non-hydrogen) atoms. The molecule has 7 heteroatoms. The van der Waals surface area contributed by atoms with Crippen molar-refractivity contribution in [3.63, 3.8) is 0 Å². The van der Waals surface area contributed by atoms with Crippen LogP contribution in [0.2, 0.25) is 0 Å². The highest BCUT2D eigenvalue weighted by atomic mass is 32.2. The maximum absolute atomic E-state index is 12.0. The predicted molar refractivity (Wildman–Crippen MR) is 81.0 cm³/mol. The van der Waals surface area contributed by atoms with Crippen molar-refractivity contribution in [2.24, 2.45) is 4.99 Å². The standard InChI is InChI=1S/C15H9N5OS/c1-9-2-4-10(5-3-9)13-14(21)22-15(20-13)19-12(8-18)11(6-16)7-17/h2-5,13H,1H3,(H,19,20). The van der Waals surface area contributed by atoms with Gasteiger partial charge in [-0.2, -0.15) is 15.8 Å². The van der Waals surface area contributed by atoms with E-state index in [-0.39, 0.29) is 21.6 Å². The van der Waals surface area contributed by atoms with Crippen molar-refractivity contribution in [1.82, 2.24) is 5.32 Å². The molecule has 1 aromatic carbocycles. The second-order valence-electron chi connectivity index (χ2n) is 4.38. The number of rotatable bonds is 2. The quantitative estimate of drug-likeness (QED) is 0.837. The van der Waals surface area contributed by atoms with Crippen LogP contribution in [0.15, 0.2) is 40.5 Å². The maximum Gasteiger partial charge on any atom is 0.225 e. The summed E-state index contributed by atoms with van der Waals surface area (Å²) in [5.74, 6) is 0. The number of hydrogen-bond acceptors (Lipinski definition) is 7. The molecule has 2 rings (SSSR count). The minimum absolute atomic E-state index is 0.181. The molecule has 1 N–H and O–H groups in total. The van der Waals surface area contributed by atoms with Crippen molar-refractivity contribution in [3.05, 3.63) is 46.7 Å². The summed E-state index contributed by atoms with van der Waals surface area (Å²) in [6, 6.07) is 11.7. The smallest absolute Gasteiger partial charge is 0.225 e. The zero-order chi connectivity index (χ0) is 16.1. The minimum Gasteiger partial charge on any atom is -0.324 e. The van der Waals surface area contributed by atoms with Crippen LogP contribution in [0.4, 0.5) is 0 Å². The van der Waals surface area contributed by atoms with Crippen molar-refractivity contribution < 1.29 is 4.79 Å². The van der Waals surface area contributed by atoms with Gasteiger partial charge in [0.25, 0.3) is 0 Å². The molecule has 1 aliphatic heterocycles. The predicted octanol–water partition coefficient (Wildman–Crippen LogP) is 2.08. The molecule has 106 valence electrons. The summed E-state index contributed by atoms with van der Waals surface area (Å²) < 4.78 is 0. The molecule has 1 aromatic rings. The average Bonchev–Trinajstić information content (AvgIpc) is 2.88. The Morgan fingerprint density at radius 2 is 1.82 bits per heavy atom. The monoisotopic (exact) mass is 307 g/mol. The van der Waals surface area contributed by atoms with Gasteiger partial charge in [-0.3, -0.25) is 4.79 Å². The van der Waals surface area contributed by atoms with Gasteiger partial charge in [-0.25, -0.2) is 4.99 Å². The fourth-order valence-corrected chi connectivity index (χ4v) is 2.56. The van der Waals surface area contributed by atoms with E-state index in [2.05, 4.69) is 10.3 Å². The van der Waals surface area contributed by atoms with Crippen molar-refractivity contribution >= 4 is 22.0 Å². The highest BCUT2D eigenvalue weighted by Crippen LogP contribution is 2.31. The van der Waals surface area contributed by atoms with E-state index in [1.54, 1.807) is 18.2 Å². The molecular formula is C15H9N5OS. The molecular weight excluding hydrogens is 298 g/mol. The number of aliphatic imine (C=N–C) groups is 1. The number of allylic oxidation sites excluding steroid dienone is 2. The number of nitriles is 3. The Bertz CT molecular complexity index is 786. The molecule has 1 heterocycles. The van der Waals surface area contributed by atoms with E-state index >= 15 is 0 Å². The third-order valence-corrected chi connectivity index (χ3v) is 3.70. The van der Waals surface area contributed by atoms with Gasteiger partial charge in [-0.05, 0) is 24.2 Å². The lowest BCUT2D eigenvalue weighted by Crippen LogP contribution is -2.19. The van der Waals surface area contributed by atoms with Crippen LogP contribution in [0, 0.1) is 40.9 Å². The van der Waals surface area contributed by atoms with Gasteiger partial charge < -0.3 is 5.32 Å². The van der Waals surface area contributed by atoms with Crippen molar-refractivity contribution in [2.75, 3.05) is 0 Å². The third-order valence-electron chi connectivity index (χ3n) is 2.88. The lowest BCUT2D eigenvalue weighted by atomic mass is 10.1. The van der Waals surface area contributed by atoms with Crippen LogP contribution in [0.3, 0.4) is 0 Å². The van der Waals surface area contributed by atoms with E-state index in [4.69, 9.17) is 15.8 Å². The van der Waals surface area contributed by atoms with Crippen LogP contribution in [0.5, 0.6) is 0 Å². The second-order valence-corrected chi connectivity index (χ2v) is 5.37. The SMILES string of the molecule is Cc1ccc(C2N=C(NC(C#N)=C(C#N)C#N)SC2=O)cc1. The largest absolute Gasteiger partial charge is 0.324 e. The Hall–Kier alpha value is -3.08. The Morgan fingerprint density at radius 1 is 1.18 bits per heavy atom. The molecule has 0 saturated heterocycles. The zero-order valence-corrected chi connectivity index (χ0v) is 12.3. The molecule has 0 bridgehead atoms. The highest BCUT2D eigenvalue weighted by molar-refractivity contribution is 8.26. The Morgan fingerprint density at radius 3 is 2.36 bits per heavy atom. The van der Waals surface area contributed by atoms with Crippen molar-refractivity contribution in [1.29, 1.82) is 15.8 Å². The number of carbonyl (C=O) groups is 1. The number of amidine groups is 1. The van der Waals surface area contributed by atoms with Crippen LogP contribution in [0.1, 0.15) is 17.2 Å². The molecule has 1 aliphatic rings. The molecule has 0 radical (unpaired) electrons. The van der Waals surface area contributed by atoms with Crippen LogP contribution in [-0.4, -0.2) is 10.3 Å². The number of benzene rings is 1. The minimum atomic E-state index is -0.652. The lowest BCUT2D eigenvalue weighted by molar-refractivity contribution is -0.111. The first-order valence-electron chi connectivity index (χ1n) is 6.16. The van der Waals surface area contributed by atoms with E-state index < -0.39 is 6.04 Å². The lowest BCUT2D eigenvalue weighted by Gasteiger charge is -2.04. The highest BCUT2D eigenvalue weighted by Gasteiger charge is 2.30. The summed E-state index contributed by atoms with van der Waals surface area (Å²) in [6.45, 7) is 1.94. The summed E-state index contributed by atoms with van der Waals surface area (Å²) in [7, 11) is 0. The summed E-state index contributed by atoms with van der Waals surface area (Å²) in [4.78, 5) is 16.3. The van der Waals surface area contributed by atoms with Crippen LogP contribution >= 0.6 is 11.8 Å². The van der Waals surface area contributed by atoms with E-state index in [9.17, 15) is 4.79 Å². The van der Waals surface area contributed by atoms with Crippen molar-refractivity contribution in [3.8, 4) is 18.2 Å². The Labute approximate surface area is 131 Å². The number of aryl methyl sites for hydroxylation is 1. The van der Waals surface area contributed by atoms with Crippen molar-refractivity contribution in [2.45, 2.75) is 13.0 Å². The molecule has 0 amide bonds. The fourth-order valence-electron chi connectivity index (χ4n) is 1.75. The summed E-state index contributed by atoms with van der Waals surface area (Å²) in [5.41, 5.74) is 1.26. The molecule has 1 atom stereocenters. The molecule has 0 aromatic heterocycles. The van der Waals surface area contributed by atoms with Gasteiger partial charge in [-0.15, -0.1) is 0 Å². The van der Waals surface area contributed by atoms with E-state index in [1.165, 1.54) is 0 Å². The van der Waals surface area contributed by atoms with Gasteiger partial charge in [0, 0.05) is 0 Å². The molecule has 6 nitrogen and oxygen atoms in total. The van der Waals surface area contributed by atoms with Gasteiger partial charge in [0.1, 0.15) is 29.9 Å². The first kappa shape index (κ1) is 15.3. The molecule has 0 aliphatic carbocycles. The topological polar surface area (TPSA) is 113 Å². The number of carbonyl (C=O) groups excluding carboxylic acids is 1. The average molecular weight is 307 g/mol. The van der Waals surface area contributed by atoms with Gasteiger partial charge in [-0.1, -0.05) is 29.8 Å². The molecule has 0 saturated carbocycles. The normalized spacial score (nSPS) is 16.0. The first-order chi connectivity index (χ1) is 10.6. The zero-order valence-electron chi connectivity index (χ0n) is 11.5. The van der Waals surface area contributed by atoms with Crippen LogP contribution in [0.25, 0.3) is 0 Å². The van der Waals surface area contributed by atoms with E-state index in [0.717, 1.165) is 22.9 Å². The second kappa shape index (κ2) is 6.58. The number of nitrogens with one attached hydrogen (secondary N) is 1. The Kier molecular flexibility index (Phi) is 4.58. The number of thioether (sulfide) groups is 1. The van der Waals surface area contributed by atoms with Crippen LogP contribution < -0.4 is 5.32 Å². The first-order valence-corrected chi connectivity index (χ1v) is 6.98. The number of nitrogens with zero attached hydrogens (tertiary/aromatic N) is 4. The van der Waals surface area contributed by atoms with Crippen LogP contribution in [-0.2, 0) is 4.79 Å². The molecule has 1 unspecified atom stereocenters. The Balaban J connectivity index is 2.27. The third kappa shape index (κ3) is 3.15. The van der Waals surface area contributed by atoms with Gasteiger partial charge in [0.15, 0.2) is 10.7 Å². The van der Waals surface area contributed by atoms with Gasteiger partial charge >= 0.3 is 0 Å².